The summed E-state index contributed by atoms with van der Waals surface area (Å²) in [5.74, 6) is -2.30. The Kier molecular flexibility index (Phi) is 6.45. The number of benzene rings is 1. The number of dihydropyridines is 1. The van der Waals surface area contributed by atoms with E-state index in [2.05, 4.69) is 5.32 Å². The van der Waals surface area contributed by atoms with E-state index < -0.39 is 23.8 Å². The smallest absolute Gasteiger partial charge is 0.336 e. The van der Waals surface area contributed by atoms with E-state index in [9.17, 15) is 14.4 Å². The topological polar surface area (TPSA) is 100 Å². The van der Waals surface area contributed by atoms with Gasteiger partial charge in [0.2, 0.25) is 0 Å². The van der Waals surface area contributed by atoms with Gasteiger partial charge in [-0.25, -0.2) is 9.59 Å². The molecule has 0 spiro atoms. The molecular weight excluding hydrogens is 366 g/mol. The third-order valence-corrected chi connectivity index (χ3v) is 4.36. The van der Waals surface area contributed by atoms with Crippen molar-refractivity contribution in [2.75, 3.05) is 21.3 Å². The van der Waals surface area contributed by atoms with E-state index in [1.165, 1.54) is 28.3 Å². The van der Waals surface area contributed by atoms with Gasteiger partial charge in [-0.15, -0.1) is 0 Å². The number of carbonyl (C=O) groups excluding carboxylic acids is 3. The molecule has 1 N–H and O–H groups in total. The maximum atomic E-state index is 12.6. The van der Waals surface area contributed by atoms with Crippen LogP contribution >= 0.6 is 0 Å². The number of para-hydroxylation sites is 1. The zero-order valence-corrected chi connectivity index (χ0v) is 16.7. The van der Waals surface area contributed by atoms with E-state index in [-0.39, 0.29) is 22.6 Å². The van der Waals surface area contributed by atoms with Gasteiger partial charge in [-0.05, 0) is 19.9 Å². The molecule has 8 nitrogen and oxygen atoms in total. The van der Waals surface area contributed by atoms with Crippen LogP contribution < -0.4 is 14.8 Å². The van der Waals surface area contributed by atoms with Crippen molar-refractivity contribution < 1.29 is 33.3 Å². The van der Waals surface area contributed by atoms with Crippen LogP contribution in [0.3, 0.4) is 0 Å². The summed E-state index contributed by atoms with van der Waals surface area (Å²) in [4.78, 5) is 36.8. The van der Waals surface area contributed by atoms with Crippen LogP contribution in [0.5, 0.6) is 11.5 Å². The Morgan fingerprint density at radius 2 is 1.46 bits per heavy atom. The first-order valence-corrected chi connectivity index (χ1v) is 8.47. The Hall–Kier alpha value is -3.29. The van der Waals surface area contributed by atoms with Gasteiger partial charge in [-0.1, -0.05) is 12.1 Å². The van der Waals surface area contributed by atoms with Gasteiger partial charge in [0.15, 0.2) is 11.5 Å². The Balaban J connectivity index is 2.85. The molecule has 0 amide bonds. The van der Waals surface area contributed by atoms with E-state index >= 15 is 0 Å². The maximum absolute atomic E-state index is 12.6. The molecule has 0 radical (unpaired) electrons. The second-order valence-corrected chi connectivity index (χ2v) is 6.09. The number of hydrogen-bond acceptors (Lipinski definition) is 8. The highest BCUT2D eigenvalue weighted by molar-refractivity contribution is 6.00. The summed E-state index contributed by atoms with van der Waals surface area (Å²) in [6, 6.07) is 4.95. The number of hydrogen-bond donors (Lipinski definition) is 1. The molecule has 1 aromatic rings. The zero-order chi connectivity index (χ0) is 21.0. The second kappa shape index (κ2) is 8.60. The van der Waals surface area contributed by atoms with Crippen molar-refractivity contribution in [3.63, 3.8) is 0 Å². The van der Waals surface area contributed by atoms with Gasteiger partial charge in [-0.3, -0.25) is 4.79 Å². The fourth-order valence-corrected chi connectivity index (χ4v) is 3.24. The van der Waals surface area contributed by atoms with Crippen LogP contribution in [-0.4, -0.2) is 39.2 Å². The molecule has 1 heterocycles. The van der Waals surface area contributed by atoms with Crippen molar-refractivity contribution in [3.05, 3.63) is 46.3 Å². The molecule has 0 bridgehead atoms. The first-order valence-electron chi connectivity index (χ1n) is 8.47. The molecule has 0 aliphatic carbocycles. The van der Waals surface area contributed by atoms with Crippen molar-refractivity contribution in [1.82, 2.24) is 5.32 Å². The fraction of sp³-hybridized carbons (Fsp3) is 0.350. The Morgan fingerprint density at radius 3 is 1.89 bits per heavy atom. The maximum Gasteiger partial charge on any atom is 0.336 e. The molecule has 8 heteroatoms. The summed E-state index contributed by atoms with van der Waals surface area (Å²) in [5.41, 5.74) is 1.83. The van der Waals surface area contributed by atoms with Crippen LogP contribution in [0.15, 0.2) is 40.7 Å². The monoisotopic (exact) mass is 389 g/mol. The van der Waals surface area contributed by atoms with Crippen LogP contribution in [-0.2, 0) is 23.9 Å². The zero-order valence-electron chi connectivity index (χ0n) is 16.7. The molecular formula is C20H23NO7. The summed E-state index contributed by atoms with van der Waals surface area (Å²) >= 11 is 0. The lowest BCUT2D eigenvalue weighted by Crippen LogP contribution is -2.32. The average molecular weight is 389 g/mol. The van der Waals surface area contributed by atoms with Crippen LogP contribution in [0.1, 0.15) is 32.3 Å². The molecule has 0 atom stereocenters. The van der Waals surface area contributed by atoms with Crippen molar-refractivity contribution in [2.45, 2.75) is 26.7 Å². The van der Waals surface area contributed by atoms with E-state index in [1.54, 1.807) is 32.0 Å². The van der Waals surface area contributed by atoms with Gasteiger partial charge in [0, 0.05) is 23.9 Å². The van der Waals surface area contributed by atoms with Crippen molar-refractivity contribution >= 4 is 17.9 Å². The first-order chi connectivity index (χ1) is 13.3. The fourth-order valence-electron chi connectivity index (χ4n) is 3.24. The minimum absolute atomic E-state index is 0.118. The van der Waals surface area contributed by atoms with Crippen LogP contribution in [0.4, 0.5) is 0 Å². The SMILES string of the molecule is COC(=O)C1=C(C)NC(C)=C(C(=O)OC)C1c1cccc(OC)c1OC(C)=O. The van der Waals surface area contributed by atoms with Gasteiger partial charge in [0.05, 0.1) is 38.4 Å². The Bertz CT molecular complexity index is 845. The number of nitrogens with one attached hydrogen (secondary N) is 1. The number of rotatable bonds is 5. The van der Waals surface area contributed by atoms with E-state index in [4.69, 9.17) is 18.9 Å². The van der Waals surface area contributed by atoms with Crippen molar-refractivity contribution in [2.24, 2.45) is 0 Å². The third kappa shape index (κ3) is 3.85. The molecule has 28 heavy (non-hydrogen) atoms. The highest BCUT2D eigenvalue weighted by atomic mass is 16.6. The summed E-state index contributed by atoms with van der Waals surface area (Å²) in [6.45, 7) is 4.65. The van der Waals surface area contributed by atoms with E-state index in [1.807, 2.05) is 0 Å². The molecule has 0 saturated heterocycles. The predicted octanol–water partition coefficient (Wildman–Crippen LogP) is 2.20. The van der Waals surface area contributed by atoms with Gasteiger partial charge < -0.3 is 24.3 Å². The highest BCUT2D eigenvalue weighted by Crippen LogP contribution is 2.45. The normalized spacial score (nSPS) is 14.4. The number of esters is 3. The van der Waals surface area contributed by atoms with Gasteiger partial charge in [0.1, 0.15) is 0 Å². The molecule has 0 saturated carbocycles. The molecule has 1 aliphatic rings. The van der Waals surface area contributed by atoms with Crippen LogP contribution in [0.2, 0.25) is 0 Å². The molecule has 0 aromatic heterocycles. The summed E-state index contributed by atoms with van der Waals surface area (Å²) in [7, 11) is 3.93. The highest BCUT2D eigenvalue weighted by Gasteiger charge is 2.39. The lowest BCUT2D eigenvalue weighted by molar-refractivity contribution is -0.137. The second-order valence-electron chi connectivity index (χ2n) is 6.09. The minimum atomic E-state index is -0.884. The van der Waals surface area contributed by atoms with Gasteiger partial charge in [0.25, 0.3) is 0 Å². The largest absolute Gasteiger partial charge is 0.493 e. The summed E-state index contributed by atoms with van der Waals surface area (Å²) < 4.78 is 20.6. The van der Waals surface area contributed by atoms with Gasteiger partial charge in [-0.2, -0.15) is 0 Å². The first kappa shape index (κ1) is 21.0. The molecule has 0 fully saturated rings. The summed E-state index contributed by atoms with van der Waals surface area (Å²) in [6.07, 6.45) is 0. The van der Waals surface area contributed by atoms with Gasteiger partial charge >= 0.3 is 17.9 Å². The molecule has 1 aliphatic heterocycles. The lowest BCUT2D eigenvalue weighted by Gasteiger charge is -2.31. The van der Waals surface area contributed by atoms with Crippen molar-refractivity contribution in [3.8, 4) is 11.5 Å². The predicted molar refractivity (Wildman–Crippen MR) is 99.6 cm³/mol. The third-order valence-electron chi connectivity index (χ3n) is 4.36. The summed E-state index contributed by atoms with van der Waals surface area (Å²) in [5, 5.41) is 3.02. The molecule has 2 rings (SSSR count). The standard InChI is InChI=1S/C20H23NO7/c1-10-15(19(23)26-5)17(16(11(2)21-10)20(24)27-6)13-8-7-9-14(25-4)18(13)28-12(3)22/h7-9,17,21H,1-6H3. The molecule has 1 aromatic carbocycles. The number of ether oxygens (including phenoxy) is 4. The van der Waals surface area contributed by atoms with E-state index in [0.29, 0.717) is 17.0 Å². The van der Waals surface area contributed by atoms with Crippen LogP contribution in [0, 0.1) is 0 Å². The number of methoxy groups -OCH3 is 3. The average Bonchev–Trinajstić information content (AvgIpc) is 2.66. The Morgan fingerprint density at radius 1 is 0.929 bits per heavy atom. The van der Waals surface area contributed by atoms with E-state index in [0.717, 1.165) is 0 Å². The lowest BCUT2D eigenvalue weighted by atomic mass is 9.80. The Labute approximate surface area is 163 Å². The van der Waals surface area contributed by atoms with Crippen molar-refractivity contribution in [1.29, 1.82) is 0 Å². The minimum Gasteiger partial charge on any atom is -0.493 e. The molecule has 0 unspecified atom stereocenters. The quantitative estimate of drug-likeness (QED) is 0.604. The van der Waals surface area contributed by atoms with Crippen LogP contribution in [0.25, 0.3) is 0 Å². The molecule has 150 valence electrons. The number of allylic oxidation sites excluding steroid dienone is 2. The number of carbonyl (C=O) groups is 3.